The second-order valence-electron chi connectivity index (χ2n) is 7.43. The Hall–Kier alpha value is -2.34. The fourth-order valence-corrected chi connectivity index (χ4v) is 5.03. The summed E-state index contributed by atoms with van der Waals surface area (Å²) in [6.07, 6.45) is 5.27. The van der Waals surface area contributed by atoms with Gasteiger partial charge in [0.25, 0.3) is 0 Å². The first-order chi connectivity index (χ1) is 11.8. The Kier molecular flexibility index (Phi) is 2.97. The fourth-order valence-electron chi connectivity index (χ4n) is 5.03. The van der Waals surface area contributed by atoms with Crippen molar-refractivity contribution in [3.05, 3.63) is 83.4 Å². The molecule has 0 saturated heterocycles. The van der Waals surface area contributed by atoms with Crippen molar-refractivity contribution in [3.63, 3.8) is 0 Å². The lowest BCUT2D eigenvalue weighted by Gasteiger charge is -2.29. The summed E-state index contributed by atoms with van der Waals surface area (Å²) in [5.41, 5.74) is 10.4. The number of aryl methyl sites for hydroxylation is 1. The zero-order valence-electron chi connectivity index (χ0n) is 14.2. The Morgan fingerprint density at radius 1 is 0.667 bits per heavy atom. The number of benzene rings is 3. The molecule has 0 heteroatoms. The van der Waals surface area contributed by atoms with Crippen LogP contribution in [-0.4, -0.2) is 0 Å². The molecule has 0 nitrogen and oxygen atoms in total. The second kappa shape index (κ2) is 5.08. The van der Waals surface area contributed by atoms with Crippen LogP contribution in [0.15, 0.2) is 66.7 Å². The van der Waals surface area contributed by atoms with Gasteiger partial charge in [-0.2, -0.15) is 0 Å². The normalized spacial score (nSPS) is 17.0. The second-order valence-corrected chi connectivity index (χ2v) is 7.43. The average molecular weight is 310 g/mol. The fraction of sp³-hybridized carbons (Fsp3) is 0.250. The van der Waals surface area contributed by atoms with E-state index in [0.29, 0.717) is 0 Å². The van der Waals surface area contributed by atoms with Gasteiger partial charge in [0.1, 0.15) is 0 Å². The van der Waals surface area contributed by atoms with Gasteiger partial charge in [-0.05, 0) is 53.1 Å². The molecule has 0 unspecified atom stereocenters. The molecule has 2 aliphatic rings. The smallest absolute Gasteiger partial charge is 0.0221 e. The summed E-state index contributed by atoms with van der Waals surface area (Å²) in [7, 11) is 0. The highest BCUT2D eigenvalue weighted by atomic mass is 14.5. The molecule has 1 saturated carbocycles. The number of hydrogen-bond acceptors (Lipinski definition) is 0. The lowest BCUT2D eigenvalue weighted by molar-refractivity contribution is 0.551. The molecule has 0 bridgehead atoms. The van der Waals surface area contributed by atoms with E-state index in [1.54, 1.807) is 11.1 Å². The minimum Gasteiger partial charge on any atom is -0.0619 e. The van der Waals surface area contributed by atoms with Crippen molar-refractivity contribution in [2.24, 2.45) is 0 Å². The first-order valence-corrected chi connectivity index (χ1v) is 9.10. The van der Waals surface area contributed by atoms with Crippen molar-refractivity contribution in [2.75, 3.05) is 0 Å². The van der Waals surface area contributed by atoms with Crippen molar-refractivity contribution in [2.45, 2.75) is 38.0 Å². The molecule has 0 aromatic heterocycles. The highest BCUT2D eigenvalue weighted by Gasteiger charge is 2.46. The van der Waals surface area contributed by atoms with E-state index in [0.717, 1.165) is 0 Å². The minimum atomic E-state index is 0.243. The zero-order chi connectivity index (χ0) is 16.1. The van der Waals surface area contributed by atoms with Gasteiger partial charge in [0, 0.05) is 5.41 Å². The summed E-state index contributed by atoms with van der Waals surface area (Å²) in [6.45, 7) is 2.16. The topological polar surface area (TPSA) is 0 Å². The summed E-state index contributed by atoms with van der Waals surface area (Å²) in [5.74, 6) is 0. The summed E-state index contributed by atoms with van der Waals surface area (Å²) in [4.78, 5) is 0. The predicted octanol–water partition coefficient (Wildman–Crippen LogP) is 6.50. The molecule has 0 radical (unpaired) electrons. The Bertz CT molecular complexity index is 909. The Balaban J connectivity index is 1.82. The Morgan fingerprint density at radius 3 is 2.12 bits per heavy atom. The molecule has 118 valence electrons. The van der Waals surface area contributed by atoms with Gasteiger partial charge in [-0.15, -0.1) is 0 Å². The van der Waals surface area contributed by atoms with Gasteiger partial charge < -0.3 is 0 Å². The largest absolute Gasteiger partial charge is 0.0619 e. The van der Waals surface area contributed by atoms with Crippen LogP contribution in [0.3, 0.4) is 0 Å². The van der Waals surface area contributed by atoms with Crippen LogP contribution in [0.2, 0.25) is 0 Å². The molecule has 3 aromatic carbocycles. The summed E-state index contributed by atoms with van der Waals surface area (Å²) in [5, 5.41) is 0. The van der Waals surface area contributed by atoms with Gasteiger partial charge in [-0.3, -0.25) is 0 Å². The molecule has 0 amide bonds. The molecule has 24 heavy (non-hydrogen) atoms. The van der Waals surface area contributed by atoms with Crippen LogP contribution in [-0.2, 0) is 5.41 Å². The quantitative estimate of drug-likeness (QED) is 0.481. The van der Waals surface area contributed by atoms with E-state index in [4.69, 9.17) is 0 Å². The van der Waals surface area contributed by atoms with E-state index < -0.39 is 0 Å². The monoisotopic (exact) mass is 310 g/mol. The standard InChI is InChI=1S/C24H22/c1-17-11-13-18(14-12-17)19-8-6-9-21-20-7-2-3-10-22(20)24(23(19)21)15-4-5-16-24/h2-3,6-14H,4-5,15-16H2,1H3. The van der Waals surface area contributed by atoms with Crippen LogP contribution >= 0.6 is 0 Å². The van der Waals surface area contributed by atoms with Gasteiger partial charge in [-0.1, -0.05) is 85.1 Å². The summed E-state index contributed by atoms with van der Waals surface area (Å²) < 4.78 is 0. The Labute approximate surface area is 144 Å². The maximum absolute atomic E-state index is 2.37. The third kappa shape index (κ3) is 1.80. The molecular weight excluding hydrogens is 288 g/mol. The number of hydrogen-bond donors (Lipinski definition) is 0. The summed E-state index contributed by atoms with van der Waals surface area (Å²) >= 11 is 0. The Morgan fingerprint density at radius 2 is 1.33 bits per heavy atom. The average Bonchev–Trinajstić information content (AvgIpc) is 3.22. The molecule has 5 rings (SSSR count). The molecule has 3 aromatic rings. The van der Waals surface area contributed by atoms with Crippen molar-refractivity contribution in [1.82, 2.24) is 0 Å². The maximum Gasteiger partial charge on any atom is 0.0221 e. The molecule has 1 spiro atoms. The van der Waals surface area contributed by atoms with Gasteiger partial charge >= 0.3 is 0 Å². The van der Waals surface area contributed by atoms with Crippen LogP contribution in [0.25, 0.3) is 22.3 Å². The molecule has 0 aliphatic heterocycles. The first kappa shape index (κ1) is 14.0. The van der Waals surface area contributed by atoms with Crippen molar-refractivity contribution >= 4 is 0 Å². The van der Waals surface area contributed by atoms with Crippen molar-refractivity contribution in [1.29, 1.82) is 0 Å². The van der Waals surface area contributed by atoms with Gasteiger partial charge in [-0.25, -0.2) is 0 Å². The minimum absolute atomic E-state index is 0.243. The van der Waals surface area contributed by atoms with Crippen LogP contribution in [0.5, 0.6) is 0 Å². The molecule has 0 atom stereocenters. The maximum atomic E-state index is 2.37. The number of fused-ring (bicyclic) bond motifs is 5. The van der Waals surface area contributed by atoms with Gasteiger partial charge in [0.2, 0.25) is 0 Å². The third-order valence-corrected chi connectivity index (χ3v) is 6.10. The molecule has 0 N–H and O–H groups in total. The SMILES string of the molecule is Cc1ccc(-c2cccc3c2C2(CCCC2)c2ccccc2-3)cc1. The van der Waals surface area contributed by atoms with E-state index in [9.17, 15) is 0 Å². The number of rotatable bonds is 1. The van der Waals surface area contributed by atoms with Crippen LogP contribution in [0.4, 0.5) is 0 Å². The van der Waals surface area contributed by atoms with E-state index >= 15 is 0 Å². The van der Waals surface area contributed by atoms with E-state index in [-0.39, 0.29) is 5.41 Å². The molecule has 0 heterocycles. The van der Waals surface area contributed by atoms with Crippen LogP contribution < -0.4 is 0 Å². The van der Waals surface area contributed by atoms with Gasteiger partial charge in [0.15, 0.2) is 0 Å². The van der Waals surface area contributed by atoms with E-state index in [1.165, 1.54) is 53.5 Å². The molecule has 1 fully saturated rings. The lowest BCUT2D eigenvalue weighted by atomic mass is 9.74. The zero-order valence-corrected chi connectivity index (χ0v) is 14.2. The van der Waals surface area contributed by atoms with Crippen molar-refractivity contribution in [3.8, 4) is 22.3 Å². The van der Waals surface area contributed by atoms with Crippen molar-refractivity contribution < 1.29 is 0 Å². The van der Waals surface area contributed by atoms with E-state index in [2.05, 4.69) is 73.7 Å². The first-order valence-electron chi connectivity index (χ1n) is 9.10. The van der Waals surface area contributed by atoms with E-state index in [1.807, 2.05) is 0 Å². The third-order valence-electron chi connectivity index (χ3n) is 6.10. The van der Waals surface area contributed by atoms with Crippen LogP contribution in [0.1, 0.15) is 42.4 Å². The predicted molar refractivity (Wildman–Crippen MR) is 101 cm³/mol. The molecule has 2 aliphatic carbocycles. The lowest BCUT2D eigenvalue weighted by Crippen LogP contribution is -2.21. The highest BCUT2D eigenvalue weighted by molar-refractivity contribution is 5.88. The highest BCUT2D eigenvalue weighted by Crippen LogP contribution is 2.59. The summed E-state index contributed by atoms with van der Waals surface area (Å²) in [6, 6.07) is 25.0. The van der Waals surface area contributed by atoms with Gasteiger partial charge in [0.05, 0.1) is 0 Å². The molecular formula is C24H22. The van der Waals surface area contributed by atoms with Crippen LogP contribution in [0, 0.1) is 6.92 Å².